The van der Waals surface area contributed by atoms with Gasteiger partial charge in [-0.2, -0.15) is 5.10 Å². The summed E-state index contributed by atoms with van der Waals surface area (Å²) in [5.41, 5.74) is 1.59. The number of carboxylic acid groups (broad SMARTS) is 1. The zero-order valence-electron chi connectivity index (χ0n) is 11.0. The summed E-state index contributed by atoms with van der Waals surface area (Å²) >= 11 is 4.39. The van der Waals surface area contributed by atoms with E-state index < -0.39 is 11.2 Å². The van der Waals surface area contributed by atoms with E-state index >= 15 is 0 Å². The summed E-state index contributed by atoms with van der Waals surface area (Å²) in [4.78, 5) is 22.0. The summed E-state index contributed by atoms with van der Waals surface area (Å²) in [7, 11) is 0. The molecule has 1 N–H and O–H groups in total. The topological polar surface area (TPSA) is 94.0 Å². The molecule has 1 aromatic carbocycles. The van der Waals surface area contributed by atoms with Crippen molar-refractivity contribution in [1.29, 1.82) is 0 Å². The molecule has 0 bridgehead atoms. The molecule has 1 saturated heterocycles. The van der Waals surface area contributed by atoms with E-state index in [1.54, 1.807) is 6.92 Å². The Labute approximate surface area is 133 Å². The van der Waals surface area contributed by atoms with Gasteiger partial charge in [-0.3, -0.25) is 4.79 Å². The minimum Gasteiger partial charge on any atom is -0.550 e. The van der Waals surface area contributed by atoms with Crippen molar-refractivity contribution in [1.82, 2.24) is 5.32 Å². The molecule has 21 heavy (non-hydrogen) atoms. The number of rotatable bonds is 4. The lowest BCUT2D eigenvalue weighted by molar-refractivity contribution is -0.305. The maximum Gasteiger partial charge on any atom is 0.239 e. The van der Waals surface area contributed by atoms with Crippen LogP contribution in [-0.2, 0) is 9.59 Å². The molecule has 1 aromatic rings. The zero-order valence-corrected chi connectivity index (χ0v) is 13.4. The number of hydrogen-bond donors (Lipinski definition) is 1. The molecule has 0 saturated carbocycles. The van der Waals surface area contributed by atoms with Gasteiger partial charge in [-0.15, -0.1) is 5.10 Å². The average molecular weight is 369 g/mol. The molecule has 0 unspecified atom stereocenters. The predicted octanol–water partition coefficient (Wildman–Crippen LogP) is 0.901. The van der Waals surface area contributed by atoms with Crippen molar-refractivity contribution in [2.45, 2.75) is 18.6 Å². The molecule has 0 spiro atoms. The number of aliphatic carboxylic acids is 1. The Kier molecular flexibility index (Phi) is 5.13. The van der Waals surface area contributed by atoms with Crippen molar-refractivity contribution in [3.63, 3.8) is 0 Å². The maximum absolute atomic E-state index is 11.5. The van der Waals surface area contributed by atoms with Crippen LogP contribution in [0.2, 0.25) is 0 Å². The van der Waals surface area contributed by atoms with Crippen LogP contribution in [0.3, 0.4) is 0 Å². The highest BCUT2D eigenvalue weighted by atomic mass is 79.9. The van der Waals surface area contributed by atoms with Gasteiger partial charge in [0.1, 0.15) is 0 Å². The molecule has 1 aliphatic heterocycles. The Hall–Kier alpha value is -1.67. The molecule has 0 aromatic heterocycles. The number of amides is 1. The molecule has 6 nitrogen and oxygen atoms in total. The van der Waals surface area contributed by atoms with Crippen LogP contribution in [0, 0.1) is 0 Å². The molecule has 1 atom stereocenters. The Morgan fingerprint density at radius 1 is 1.43 bits per heavy atom. The van der Waals surface area contributed by atoms with E-state index in [9.17, 15) is 14.7 Å². The molecule has 1 fully saturated rings. The number of amidine groups is 1. The van der Waals surface area contributed by atoms with Gasteiger partial charge in [0.2, 0.25) is 5.91 Å². The predicted molar refractivity (Wildman–Crippen MR) is 82.9 cm³/mol. The van der Waals surface area contributed by atoms with Gasteiger partial charge in [-0.25, -0.2) is 0 Å². The smallest absolute Gasteiger partial charge is 0.239 e. The van der Waals surface area contributed by atoms with Gasteiger partial charge >= 0.3 is 0 Å². The minimum absolute atomic E-state index is 0.294. The molecule has 110 valence electrons. The highest BCUT2D eigenvalue weighted by molar-refractivity contribution is 9.10. The summed E-state index contributed by atoms with van der Waals surface area (Å²) < 4.78 is 0.967. The van der Waals surface area contributed by atoms with E-state index in [0.717, 1.165) is 21.8 Å². The second kappa shape index (κ2) is 6.86. The number of carbonyl (C=O) groups excluding carboxylic acids is 2. The monoisotopic (exact) mass is 368 g/mol. The third-order valence-corrected chi connectivity index (χ3v) is 4.28. The molecule has 8 heteroatoms. The van der Waals surface area contributed by atoms with Crippen LogP contribution in [0.5, 0.6) is 0 Å². The number of hydrogen-bond acceptors (Lipinski definition) is 6. The Balaban J connectivity index is 2.07. The molecule has 2 rings (SSSR count). The molecular formula is C13H11BrN3O3S-. The first-order chi connectivity index (χ1) is 9.95. The normalized spacial score (nSPS) is 20.7. The lowest BCUT2D eigenvalue weighted by Gasteiger charge is -2.04. The van der Waals surface area contributed by atoms with Crippen LogP contribution in [-0.4, -0.2) is 28.0 Å². The Morgan fingerprint density at radius 3 is 2.71 bits per heavy atom. The van der Waals surface area contributed by atoms with Crippen molar-refractivity contribution in [2.75, 3.05) is 0 Å². The molecule has 1 aliphatic rings. The summed E-state index contributed by atoms with van der Waals surface area (Å²) in [6, 6.07) is 7.57. The molecular weight excluding hydrogens is 358 g/mol. The lowest BCUT2D eigenvalue weighted by atomic mass is 10.1. The van der Waals surface area contributed by atoms with Crippen molar-refractivity contribution >= 4 is 50.4 Å². The van der Waals surface area contributed by atoms with E-state index in [1.807, 2.05) is 24.3 Å². The van der Waals surface area contributed by atoms with Gasteiger partial charge in [0.15, 0.2) is 5.17 Å². The maximum atomic E-state index is 11.5. The average Bonchev–Trinajstić information content (AvgIpc) is 2.77. The van der Waals surface area contributed by atoms with Crippen LogP contribution >= 0.6 is 27.7 Å². The Bertz CT molecular complexity index is 628. The second-order valence-electron chi connectivity index (χ2n) is 4.27. The SMILES string of the molecule is CC(=N/N=C1/NC(=O)[C@H](CC(=O)[O-])S1)c1ccc(Br)cc1. The third kappa shape index (κ3) is 4.40. The van der Waals surface area contributed by atoms with Crippen molar-refractivity contribution in [3.05, 3.63) is 34.3 Å². The highest BCUT2D eigenvalue weighted by Gasteiger charge is 2.30. The van der Waals surface area contributed by atoms with E-state index in [2.05, 4.69) is 31.4 Å². The number of benzene rings is 1. The van der Waals surface area contributed by atoms with E-state index in [-0.39, 0.29) is 12.3 Å². The number of nitrogens with one attached hydrogen (secondary N) is 1. The van der Waals surface area contributed by atoms with Crippen molar-refractivity contribution in [2.24, 2.45) is 10.2 Å². The summed E-state index contributed by atoms with van der Waals surface area (Å²) in [6.45, 7) is 1.80. The fourth-order valence-corrected chi connectivity index (χ4v) is 2.77. The summed E-state index contributed by atoms with van der Waals surface area (Å²) in [5, 5.41) is 20.6. The number of thioether (sulfide) groups is 1. The van der Waals surface area contributed by atoms with Gasteiger partial charge in [-0.05, 0) is 24.6 Å². The summed E-state index contributed by atoms with van der Waals surface area (Å²) in [6.07, 6.45) is -0.342. The number of carboxylic acids is 1. The van der Waals surface area contributed by atoms with Gasteiger partial charge < -0.3 is 15.2 Å². The number of halogens is 1. The van der Waals surface area contributed by atoms with Gasteiger partial charge in [0.25, 0.3) is 0 Å². The van der Waals surface area contributed by atoms with Crippen LogP contribution in [0.4, 0.5) is 0 Å². The molecule has 1 amide bonds. The van der Waals surface area contributed by atoms with Crippen LogP contribution in [0.1, 0.15) is 18.9 Å². The number of carbonyl (C=O) groups is 2. The van der Waals surface area contributed by atoms with Crippen LogP contribution in [0.25, 0.3) is 0 Å². The lowest BCUT2D eigenvalue weighted by Crippen LogP contribution is -2.31. The first-order valence-corrected chi connectivity index (χ1v) is 7.68. The quantitative estimate of drug-likeness (QED) is 0.630. The number of nitrogens with zero attached hydrogens (tertiary/aromatic N) is 2. The minimum atomic E-state index is -1.27. The van der Waals surface area contributed by atoms with E-state index in [0.29, 0.717) is 10.9 Å². The van der Waals surface area contributed by atoms with Gasteiger partial charge in [0.05, 0.1) is 11.0 Å². The largest absolute Gasteiger partial charge is 0.550 e. The first kappa shape index (κ1) is 15.7. The zero-order chi connectivity index (χ0) is 15.4. The first-order valence-electron chi connectivity index (χ1n) is 6.01. The standard InChI is InChI=1S/C13H12BrN3O3S/c1-7(8-2-4-9(14)5-3-8)16-17-13-15-12(20)10(21-13)6-11(18)19/h2-5,10H,6H2,1H3,(H,18,19)(H,15,17,20)/p-1/t10-/m0/s1. The van der Waals surface area contributed by atoms with E-state index in [4.69, 9.17) is 0 Å². The summed E-state index contributed by atoms with van der Waals surface area (Å²) in [5.74, 6) is -1.65. The van der Waals surface area contributed by atoms with Crippen LogP contribution < -0.4 is 10.4 Å². The Morgan fingerprint density at radius 2 is 2.10 bits per heavy atom. The van der Waals surface area contributed by atoms with E-state index in [1.165, 1.54) is 0 Å². The van der Waals surface area contributed by atoms with Crippen molar-refractivity contribution in [3.8, 4) is 0 Å². The molecule has 1 heterocycles. The highest BCUT2D eigenvalue weighted by Crippen LogP contribution is 2.22. The van der Waals surface area contributed by atoms with Gasteiger partial charge in [0, 0.05) is 16.9 Å². The second-order valence-corrected chi connectivity index (χ2v) is 6.38. The van der Waals surface area contributed by atoms with Gasteiger partial charge in [-0.1, -0.05) is 39.8 Å². The van der Waals surface area contributed by atoms with Crippen LogP contribution in [0.15, 0.2) is 38.9 Å². The molecule has 0 aliphatic carbocycles. The fraction of sp³-hybridized carbons (Fsp3) is 0.231. The fourth-order valence-electron chi connectivity index (χ4n) is 1.61. The third-order valence-electron chi connectivity index (χ3n) is 2.68. The van der Waals surface area contributed by atoms with Crippen molar-refractivity contribution < 1.29 is 14.7 Å². The molecule has 0 radical (unpaired) electrons.